The highest BCUT2D eigenvalue weighted by molar-refractivity contribution is 5.45. The third-order valence-electron chi connectivity index (χ3n) is 3.78. The minimum atomic E-state index is -2.11. The number of nitrogens with two attached hydrogens (primary N) is 1. The number of fused-ring (bicyclic) bond motifs is 5. The monoisotopic (exact) mass is 191 g/mol. The van der Waals surface area contributed by atoms with Crippen molar-refractivity contribution in [2.45, 2.75) is 30.3 Å². The molecule has 2 nitrogen and oxygen atoms in total. The van der Waals surface area contributed by atoms with Crippen molar-refractivity contribution in [3.05, 3.63) is 35.4 Å². The summed E-state index contributed by atoms with van der Waals surface area (Å²) in [5, 5.41) is 2.72. The maximum atomic E-state index is 7.32. The van der Waals surface area contributed by atoms with Crippen molar-refractivity contribution < 1.29 is 4.11 Å². The second-order valence-corrected chi connectivity index (χ2v) is 4.33. The predicted octanol–water partition coefficient (Wildman–Crippen LogP) is 1.19. The van der Waals surface area contributed by atoms with E-state index in [1.165, 1.54) is 11.1 Å². The highest BCUT2D eigenvalue weighted by Gasteiger charge is 2.48. The van der Waals surface area contributed by atoms with E-state index in [9.17, 15) is 0 Å². The van der Waals surface area contributed by atoms with Crippen LogP contribution in [0, 0.1) is 0 Å². The Balaban J connectivity index is 1.93. The normalized spacial score (nSPS) is 42.8. The summed E-state index contributed by atoms with van der Waals surface area (Å²) in [5.74, 6) is 0.572. The molecule has 0 amide bonds. The SMILES string of the molecule is [2H]C([2H])([2H])NC1C2CC(c3ccccc32)C1N. The van der Waals surface area contributed by atoms with Crippen molar-refractivity contribution in [1.82, 2.24) is 5.32 Å². The van der Waals surface area contributed by atoms with Crippen LogP contribution in [0.1, 0.15) is 33.5 Å². The van der Waals surface area contributed by atoms with Gasteiger partial charge in [0, 0.05) is 28.0 Å². The molecule has 4 unspecified atom stereocenters. The molecule has 0 heterocycles. The van der Waals surface area contributed by atoms with E-state index in [2.05, 4.69) is 17.4 Å². The molecule has 1 saturated carbocycles. The van der Waals surface area contributed by atoms with Gasteiger partial charge < -0.3 is 11.1 Å². The minimum absolute atomic E-state index is 0.0877. The van der Waals surface area contributed by atoms with Gasteiger partial charge in [-0.05, 0) is 24.5 Å². The number of hydrogen-bond acceptors (Lipinski definition) is 2. The molecule has 1 aromatic carbocycles. The first-order chi connectivity index (χ1) is 7.97. The summed E-state index contributed by atoms with van der Waals surface area (Å²) >= 11 is 0. The quantitative estimate of drug-likeness (QED) is 0.699. The Kier molecular flexibility index (Phi) is 1.18. The Morgan fingerprint density at radius 2 is 2.07 bits per heavy atom. The van der Waals surface area contributed by atoms with Crippen molar-refractivity contribution in [1.29, 1.82) is 0 Å². The molecule has 14 heavy (non-hydrogen) atoms. The zero-order valence-corrected chi connectivity index (χ0v) is 7.90. The van der Waals surface area contributed by atoms with E-state index in [1.807, 2.05) is 12.1 Å². The van der Waals surface area contributed by atoms with Gasteiger partial charge in [-0.1, -0.05) is 24.3 Å². The molecule has 1 aromatic rings. The van der Waals surface area contributed by atoms with E-state index in [1.54, 1.807) is 0 Å². The summed E-state index contributed by atoms with van der Waals surface area (Å²) in [7, 11) is 0. The van der Waals surface area contributed by atoms with Crippen molar-refractivity contribution in [3.8, 4) is 0 Å². The topological polar surface area (TPSA) is 38.0 Å². The van der Waals surface area contributed by atoms with Crippen LogP contribution in [0.15, 0.2) is 24.3 Å². The largest absolute Gasteiger partial charge is 0.326 e. The Bertz CT molecular complexity index is 444. The lowest BCUT2D eigenvalue weighted by atomic mass is 9.85. The summed E-state index contributed by atoms with van der Waals surface area (Å²) in [6, 6.07) is 8.04. The summed E-state index contributed by atoms with van der Waals surface area (Å²) in [6.45, 7) is -2.11. The molecule has 3 rings (SSSR count). The van der Waals surface area contributed by atoms with Gasteiger partial charge in [0.15, 0.2) is 0 Å². The minimum Gasteiger partial charge on any atom is -0.326 e. The highest BCUT2D eigenvalue weighted by atomic mass is 15.0. The molecule has 1 fully saturated rings. The Morgan fingerprint density at radius 3 is 2.79 bits per heavy atom. The lowest BCUT2D eigenvalue weighted by Gasteiger charge is -2.29. The zero-order valence-electron chi connectivity index (χ0n) is 10.9. The fraction of sp³-hybridized carbons (Fsp3) is 0.500. The summed E-state index contributed by atoms with van der Waals surface area (Å²) < 4.78 is 22.0. The maximum Gasteiger partial charge on any atom is 0.0391 e. The van der Waals surface area contributed by atoms with Crippen molar-refractivity contribution in [3.63, 3.8) is 0 Å². The molecule has 4 atom stereocenters. The van der Waals surface area contributed by atoms with Crippen LogP contribution < -0.4 is 11.1 Å². The Hall–Kier alpha value is -0.860. The van der Waals surface area contributed by atoms with Gasteiger partial charge in [0.05, 0.1) is 0 Å². The van der Waals surface area contributed by atoms with Gasteiger partial charge >= 0.3 is 0 Å². The molecule has 0 aliphatic heterocycles. The van der Waals surface area contributed by atoms with Gasteiger partial charge in [0.2, 0.25) is 0 Å². The lowest BCUT2D eigenvalue weighted by Crippen LogP contribution is -2.46. The molecular weight excluding hydrogens is 172 g/mol. The van der Waals surface area contributed by atoms with E-state index < -0.39 is 6.98 Å². The van der Waals surface area contributed by atoms with E-state index in [4.69, 9.17) is 9.85 Å². The fourth-order valence-electron chi connectivity index (χ4n) is 3.13. The Morgan fingerprint density at radius 1 is 1.36 bits per heavy atom. The first kappa shape index (κ1) is 5.89. The predicted molar refractivity (Wildman–Crippen MR) is 57.4 cm³/mol. The van der Waals surface area contributed by atoms with Gasteiger partial charge in [0.25, 0.3) is 0 Å². The zero-order chi connectivity index (χ0) is 12.2. The highest BCUT2D eigenvalue weighted by Crippen LogP contribution is 2.52. The fourth-order valence-corrected chi connectivity index (χ4v) is 3.13. The molecular formula is C12H16N2. The van der Waals surface area contributed by atoms with Crippen molar-refractivity contribution in [2.24, 2.45) is 5.73 Å². The number of benzene rings is 1. The third kappa shape index (κ3) is 0.877. The van der Waals surface area contributed by atoms with E-state index in [0.29, 0.717) is 5.92 Å². The first-order valence-electron chi connectivity index (χ1n) is 6.59. The Labute approximate surface area is 88.7 Å². The smallest absolute Gasteiger partial charge is 0.0391 e. The average molecular weight is 191 g/mol. The molecule has 0 aromatic heterocycles. The molecule has 2 heteroatoms. The van der Waals surface area contributed by atoms with E-state index >= 15 is 0 Å². The van der Waals surface area contributed by atoms with Crippen LogP contribution in [0.25, 0.3) is 0 Å². The lowest BCUT2D eigenvalue weighted by molar-refractivity contribution is 0.448. The van der Waals surface area contributed by atoms with Gasteiger partial charge in [-0.25, -0.2) is 0 Å². The van der Waals surface area contributed by atoms with Gasteiger partial charge in [-0.3, -0.25) is 0 Å². The van der Waals surface area contributed by atoms with Crippen LogP contribution in [-0.2, 0) is 0 Å². The second kappa shape index (κ2) is 2.81. The van der Waals surface area contributed by atoms with Crippen LogP contribution in [-0.4, -0.2) is 19.1 Å². The maximum absolute atomic E-state index is 7.32. The first-order valence-corrected chi connectivity index (χ1v) is 5.09. The molecule has 0 spiro atoms. The van der Waals surface area contributed by atoms with E-state index in [-0.39, 0.29) is 18.0 Å². The number of rotatable bonds is 1. The third-order valence-corrected chi connectivity index (χ3v) is 3.78. The van der Waals surface area contributed by atoms with Crippen molar-refractivity contribution in [2.75, 3.05) is 6.98 Å². The summed E-state index contributed by atoms with van der Waals surface area (Å²) in [6.07, 6.45) is 0.980. The van der Waals surface area contributed by atoms with E-state index in [0.717, 1.165) is 6.42 Å². The molecule has 74 valence electrons. The van der Waals surface area contributed by atoms with Crippen LogP contribution in [0.2, 0.25) is 0 Å². The summed E-state index contributed by atoms with van der Waals surface area (Å²) in [5.41, 5.74) is 8.77. The van der Waals surface area contributed by atoms with Crippen LogP contribution in [0.4, 0.5) is 0 Å². The van der Waals surface area contributed by atoms with Gasteiger partial charge in [-0.2, -0.15) is 0 Å². The van der Waals surface area contributed by atoms with Gasteiger partial charge in [-0.15, -0.1) is 0 Å². The van der Waals surface area contributed by atoms with Crippen molar-refractivity contribution >= 4 is 0 Å². The molecule has 0 radical (unpaired) electrons. The molecule has 0 saturated heterocycles. The number of nitrogens with one attached hydrogen (secondary N) is 1. The number of likely N-dealkylation sites (N-methyl/N-ethyl adjacent to an activating group) is 1. The van der Waals surface area contributed by atoms with Crippen LogP contribution in [0.3, 0.4) is 0 Å². The molecule has 3 N–H and O–H groups in total. The molecule has 2 aliphatic rings. The second-order valence-electron chi connectivity index (χ2n) is 4.33. The average Bonchev–Trinajstić information content (AvgIpc) is 2.75. The molecule has 2 aliphatic carbocycles. The molecule has 2 bridgehead atoms. The van der Waals surface area contributed by atoms with Crippen LogP contribution in [0.5, 0.6) is 0 Å². The summed E-state index contributed by atoms with van der Waals surface area (Å²) in [4.78, 5) is 0. The standard InChI is InChI=1S/C12H16N2/c1-14-12-10-6-9(11(12)13)7-4-2-3-5-8(7)10/h2-5,9-12,14H,6,13H2,1H3/i1D3. The van der Waals surface area contributed by atoms with Gasteiger partial charge in [0.1, 0.15) is 0 Å². The number of hydrogen-bond donors (Lipinski definition) is 2. The van der Waals surface area contributed by atoms with Crippen LogP contribution >= 0.6 is 0 Å².